The van der Waals surface area contributed by atoms with Crippen LogP contribution in [0, 0.1) is 0 Å². The van der Waals surface area contributed by atoms with E-state index < -0.39 is 0 Å². The second kappa shape index (κ2) is 7.64. The third kappa shape index (κ3) is 6.54. The fraction of sp³-hybridized carbons (Fsp3) is 0.400. The molecule has 0 amide bonds. The highest BCUT2D eigenvalue weighted by Crippen LogP contribution is 2.15. The summed E-state index contributed by atoms with van der Waals surface area (Å²) in [5.41, 5.74) is 16.3. The molecule has 0 aromatic carbocycles. The van der Waals surface area contributed by atoms with E-state index in [1.165, 1.54) is 24.2 Å². The van der Waals surface area contributed by atoms with Gasteiger partial charge in [-0.05, 0) is 24.3 Å². The Morgan fingerprint density at radius 2 is 1.94 bits per heavy atom. The van der Waals surface area contributed by atoms with Gasteiger partial charge in [0.05, 0.1) is 5.69 Å². The second-order valence-corrected chi connectivity index (χ2v) is 4.09. The molecule has 1 aliphatic heterocycles. The smallest absolute Gasteiger partial charge is 0.223 e. The lowest BCUT2D eigenvalue weighted by atomic mass is 10.4. The highest BCUT2D eigenvalue weighted by atomic mass is 32.1. The number of ether oxygens (including phenoxy) is 1. The van der Waals surface area contributed by atoms with Crippen molar-refractivity contribution in [3.8, 4) is 0 Å². The van der Waals surface area contributed by atoms with E-state index in [-0.39, 0.29) is 11.9 Å². The zero-order valence-corrected chi connectivity index (χ0v) is 10.3. The maximum atomic E-state index is 5.37. The molecule has 7 heteroatoms. The van der Waals surface area contributed by atoms with E-state index in [2.05, 4.69) is 9.98 Å². The van der Waals surface area contributed by atoms with E-state index in [9.17, 15) is 0 Å². The third-order valence-corrected chi connectivity index (χ3v) is 2.49. The molecule has 1 aromatic rings. The van der Waals surface area contributed by atoms with Gasteiger partial charge < -0.3 is 21.9 Å². The van der Waals surface area contributed by atoms with E-state index in [1.807, 2.05) is 16.8 Å². The zero-order valence-electron chi connectivity index (χ0n) is 9.50. The summed E-state index contributed by atoms with van der Waals surface area (Å²) in [4.78, 5) is 7.47. The highest BCUT2D eigenvalue weighted by Gasteiger charge is 1.94. The average molecular weight is 255 g/mol. The second-order valence-electron chi connectivity index (χ2n) is 3.31. The zero-order chi connectivity index (χ0) is 12.5. The van der Waals surface area contributed by atoms with Crippen molar-refractivity contribution in [3.63, 3.8) is 0 Å². The van der Waals surface area contributed by atoms with Gasteiger partial charge in [0.1, 0.15) is 0 Å². The molecule has 2 rings (SSSR count). The molecule has 2 heterocycles. The standard InChI is InChI=1S/C6H9N5S.C4H8O/c7-5(8)11-6(9)10-4-1-2-12-3-4;1-2-4-5-3-1/h1-3H,(H6,7,8,9,10,11);1-4H2. The minimum absolute atomic E-state index is 0.0633. The molecular weight excluding hydrogens is 238 g/mol. The van der Waals surface area contributed by atoms with Gasteiger partial charge in [-0.1, -0.05) is 0 Å². The summed E-state index contributed by atoms with van der Waals surface area (Å²) < 4.78 is 4.94. The van der Waals surface area contributed by atoms with E-state index in [4.69, 9.17) is 21.9 Å². The lowest BCUT2D eigenvalue weighted by Gasteiger charge is -1.91. The Hall–Kier alpha value is -1.60. The van der Waals surface area contributed by atoms with Crippen molar-refractivity contribution >= 4 is 28.9 Å². The number of nitrogens with two attached hydrogens (primary N) is 3. The molecule has 0 radical (unpaired) electrons. The Bertz CT molecular complexity index is 358. The van der Waals surface area contributed by atoms with Crippen LogP contribution >= 0.6 is 11.3 Å². The minimum Gasteiger partial charge on any atom is -0.381 e. The van der Waals surface area contributed by atoms with Crippen molar-refractivity contribution in [1.82, 2.24) is 0 Å². The Labute approximate surface area is 104 Å². The van der Waals surface area contributed by atoms with Gasteiger partial charge in [-0.3, -0.25) is 0 Å². The van der Waals surface area contributed by atoms with E-state index in [0.29, 0.717) is 0 Å². The summed E-state index contributed by atoms with van der Waals surface area (Å²) in [6.45, 7) is 2.00. The van der Waals surface area contributed by atoms with Crippen molar-refractivity contribution in [3.05, 3.63) is 16.8 Å². The lowest BCUT2D eigenvalue weighted by Crippen LogP contribution is -2.26. The fourth-order valence-electron chi connectivity index (χ4n) is 1.12. The number of rotatable bonds is 1. The molecule has 0 atom stereocenters. The van der Waals surface area contributed by atoms with Crippen LogP contribution in [0.15, 0.2) is 26.8 Å². The lowest BCUT2D eigenvalue weighted by molar-refractivity contribution is 0.198. The molecule has 0 aliphatic carbocycles. The van der Waals surface area contributed by atoms with Crippen molar-refractivity contribution in [2.45, 2.75) is 12.8 Å². The molecule has 6 nitrogen and oxygen atoms in total. The van der Waals surface area contributed by atoms with Crippen LogP contribution in [0.5, 0.6) is 0 Å². The van der Waals surface area contributed by atoms with Gasteiger partial charge >= 0.3 is 0 Å². The first-order chi connectivity index (χ1) is 8.18. The molecule has 17 heavy (non-hydrogen) atoms. The van der Waals surface area contributed by atoms with Crippen LogP contribution in [0.2, 0.25) is 0 Å². The number of thiophene rings is 1. The number of aliphatic imine (C=N–C) groups is 2. The SMILES string of the molecule is C1CCOC1.NC(N)=NC(N)=Nc1ccsc1. The molecular formula is C10H17N5OS. The number of nitrogens with zero attached hydrogens (tertiary/aromatic N) is 2. The first-order valence-corrected chi connectivity index (χ1v) is 6.16. The third-order valence-electron chi connectivity index (χ3n) is 1.82. The molecule has 0 spiro atoms. The molecule has 1 fully saturated rings. The van der Waals surface area contributed by atoms with E-state index in [0.717, 1.165) is 18.9 Å². The summed E-state index contributed by atoms with van der Waals surface area (Å²) in [6, 6.07) is 1.82. The summed E-state index contributed by atoms with van der Waals surface area (Å²) in [7, 11) is 0. The summed E-state index contributed by atoms with van der Waals surface area (Å²) in [5, 5.41) is 3.73. The number of hydrogen-bond acceptors (Lipinski definition) is 3. The predicted molar refractivity (Wildman–Crippen MR) is 71.5 cm³/mol. The van der Waals surface area contributed by atoms with Crippen molar-refractivity contribution in [2.75, 3.05) is 13.2 Å². The van der Waals surface area contributed by atoms with Gasteiger partial charge in [0.15, 0.2) is 5.96 Å². The fourth-order valence-corrected chi connectivity index (χ4v) is 1.69. The molecule has 0 saturated carbocycles. The molecule has 1 saturated heterocycles. The summed E-state index contributed by atoms with van der Waals surface area (Å²) in [5.74, 6) is -0.0279. The van der Waals surface area contributed by atoms with Crippen molar-refractivity contribution in [2.24, 2.45) is 27.2 Å². The van der Waals surface area contributed by atoms with Crippen molar-refractivity contribution < 1.29 is 4.74 Å². The van der Waals surface area contributed by atoms with Crippen LogP contribution in [0.1, 0.15) is 12.8 Å². The maximum absolute atomic E-state index is 5.37. The van der Waals surface area contributed by atoms with Crippen LogP contribution in [0.3, 0.4) is 0 Å². The Kier molecular flexibility index (Phi) is 6.05. The van der Waals surface area contributed by atoms with Crippen LogP contribution in [0.25, 0.3) is 0 Å². The van der Waals surface area contributed by atoms with Crippen LogP contribution in [-0.4, -0.2) is 25.1 Å². The number of guanidine groups is 2. The molecule has 0 unspecified atom stereocenters. The van der Waals surface area contributed by atoms with Crippen LogP contribution < -0.4 is 17.2 Å². The first-order valence-electron chi connectivity index (χ1n) is 5.22. The van der Waals surface area contributed by atoms with Crippen molar-refractivity contribution in [1.29, 1.82) is 0 Å². The monoisotopic (exact) mass is 255 g/mol. The quantitative estimate of drug-likeness (QED) is 0.508. The highest BCUT2D eigenvalue weighted by molar-refractivity contribution is 7.08. The average Bonchev–Trinajstić information content (AvgIpc) is 2.90. The maximum Gasteiger partial charge on any atom is 0.223 e. The van der Waals surface area contributed by atoms with E-state index >= 15 is 0 Å². The van der Waals surface area contributed by atoms with Gasteiger partial charge in [-0.25, -0.2) is 4.99 Å². The van der Waals surface area contributed by atoms with Crippen LogP contribution in [-0.2, 0) is 4.74 Å². The Morgan fingerprint density at radius 3 is 2.35 bits per heavy atom. The van der Waals surface area contributed by atoms with Crippen LogP contribution in [0.4, 0.5) is 5.69 Å². The van der Waals surface area contributed by atoms with E-state index in [1.54, 1.807) is 0 Å². The Morgan fingerprint density at radius 1 is 1.24 bits per heavy atom. The normalized spacial score (nSPS) is 14.9. The predicted octanol–water partition coefficient (Wildman–Crippen LogP) is 0.765. The van der Waals surface area contributed by atoms with Gasteiger partial charge in [-0.15, -0.1) is 0 Å². The molecule has 94 valence electrons. The number of hydrogen-bond donors (Lipinski definition) is 3. The largest absolute Gasteiger partial charge is 0.381 e. The topological polar surface area (TPSA) is 112 Å². The first kappa shape index (κ1) is 13.5. The van der Waals surface area contributed by atoms with Gasteiger partial charge in [0.2, 0.25) is 5.96 Å². The summed E-state index contributed by atoms with van der Waals surface area (Å²) >= 11 is 1.53. The van der Waals surface area contributed by atoms with Gasteiger partial charge in [-0.2, -0.15) is 16.3 Å². The summed E-state index contributed by atoms with van der Waals surface area (Å²) in [6.07, 6.45) is 2.56. The molecule has 1 aromatic heterocycles. The molecule has 0 bridgehead atoms. The Balaban J connectivity index is 0.000000239. The van der Waals surface area contributed by atoms with Gasteiger partial charge in [0, 0.05) is 18.6 Å². The van der Waals surface area contributed by atoms with Gasteiger partial charge in [0.25, 0.3) is 0 Å². The molecule has 1 aliphatic rings. The molecule has 6 N–H and O–H groups in total. The minimum atomic E-state index is -0.0912.